The molecule has 3 N–H and O–H groups in total. The quantitative estimate of drug-likeness (QED) is 0.655. The molecule has 1 atom stereocenters. The van der Waals surface area contributed by atoms with Gasteiger partial charge < -0.3 is 10.6 Å². The number of aromatic amines is 1. The van der Waals surface area contributed by atoms with E-state index in [1.165, 1.54) is 0 Å². The Bertz CT molecular complexity index is 321. The molecule has 0 aliphatic carbocycles. The lowest BCUT2D eigenvalue weighted by Gasteiger charge is -2.11. The first kappa shape index (κ1) is 11.7. The highest BCUT2D eigenvalue weighted by Gasteiger charge is 2.11. The van der Waals surface area contributed by atoms with E-state index in [9.17, 15) is 4.79 Å². The number of H-pyrrole nitrogens is 1. The molecule has 0 fully saturated rings. The van der Waals surface area contributed by atoms with Crippen LogP contribution in [0.15, 0.2) is 6.20 Å². The third-order valence-electron chi connectivity index (χ3n) is 2.24. The molecule has 1 rings (SSSR count). The van der Waals surface area contributed by atoms with E-state index in [-0.39, 0.29) is 5.91 Å². The Kier molecular flexibility index (Phi) is 4.30. The molecule has 5 nitrogen and oxygen atoms in total. The Morgan fingerprint density at radius 1 is 1.60 bits per heavy atom. The van der Waals surface area contributed by atoms with Gasteiger partial charge in [-0.3, -0.25) is 9.89 Å². The molecule has 15 heavy (non-hydrogen) atoms. The molecule has 1 unspecified atom stereocenters. The van der Waals surface area contributed by atoms with Gasteiger partial charge in [0.05, 0.1) is 11.8 Å². The van der Waals surface area contributed by atoms with Crippen LogP contribution in [0.3, 0.4) is 0 Å². The molecule has 1 heterocycles. The normalized spacial score (nSPS) is 12.5. The van der Waals surface area contributed by atoms with Gasteiger partial charge in [0.1, 0.15) is 0 Å². The van der Waals surface area contributed by atoms with Crippen molar-refractivity contribution in [3.05, 3.63) is 17.5 Å². The summed E-state index contributed by atoms with van der Waals surface area (Å²) in [7, 11) is 1.90. The van der Waals surface area contributed by atoms with Crippen molar-refractivity contribution in [1.29, 1.82) is 0 Å². The van der Waals surface area contributed by atoms with Crippen LogP contribution in [0.5, 0.6) is 0 Å². The number of nitrogens with zero attached hydrogens (tertiary/aromatic N) is 1. The number of aryl methyl sites for hydroxylation is 1. The number of hydrogen-bond acceptors (Lipinski definition) is 3. The lowest BCUT2D eigenvalue weighted by atomic mass is 10.1. The second kappa shape index (κ2) is 5.50. The van der Waals surface area contributed by atoms with E-state index in [1.54, 1.807) is 6.20 Å². The number of aromatic nitrogens is 2. The van der Waals surface area contributed by atoms with Crippen molar-refractivity contribution >= 4 is 5.91 Å². The first-order valence-corrected chi connectivity index (χ1v) is 5.08. The largest absolute Gasteiger partial charge is 0.352 e. The van der Waals surface area contributed by atoms with E-state index in [2.05, 4.69) is 27.8 Å². The topological polar surface area (TPSA) is 69.8 Å². The van der Waals surface area contributed by atoms with E-state index >= 15 is 0 Å². The molecule has 1 amide bonds. The van der Waals surface area contributed by atoms with Crippen molar-refractivity contribution < 1.29 is 4.79 Å². The molecule has 0 radical (unpaired) electrons. The Balaban J connectivity index is 2.40. The molecule has 5 heteroatoms. The summed E-state index contributed by atoms with van der Waals surface area (Å²) >= 11 is 0. The number of amides is 1. The minimum absolute atomic E-state index is 0.0656. The molecular weight excluding hydrogens is 192 g/mol. The highest BCUT2D eigenvalue weighted by molar-refractivity contribution is 5.94. The van der Waals surface area contributed by atoms with Gasteiger partial charge in [-0.1, -0.05) is 6.92 Å². The molecule has 0 spiro atoms. The van der Waals surface area contributed by atoms with Crippen molar-refractivity contribution in [1.82, 2.24) is 20.8 Å². The van der Waals surface area contributed by atoms with Gasteiger partial charge in [-0.25, -0.2) is 0 Å². The fraction of sp³-hybridized carbons (Fsp3) is 0.600. The number of carbonyl (C=O) groups excluding carboxylic acids is 1. The van der Waals surface area contributed by atoms with Gasteiger partial charge in [0.25, 0.3) is 5.91 Å². The van der Waals surface area contributed by atoms with Crippen molar-refractivity contribution in [2.24, 2.45) is 5.92 Å². The van der Waals surface area contributed by atoms with E-state index < -0.39 is 0 Å². The second-order valence-corrected chi connectivity index (χ2v) is 3.78. The van der Waals surface area contributed by atoms with Crippen LogP contribution in [0.25, 0.3) is 0 Å². The summed E-state index contributed by atoms with van der Waals surface area (Å²) in [5, 5.41) is 12.5. The zero-order valence-electron chi connectivity index (χ0n) is 9.42. The van der Waals surface area contributed by atoms with Gasteiger partial charge >= 0.3 is 0 Å². The number of carbonyl (C=O) groups is 1. The molecule has 84 valence electrons. The summed E-state index contributed by atoms with van der Waals surface area (Å²) < 4.78 is 0. The average molecular weight is 210 g/mol. The van der Waals surface area contributed by atoms with Gasteiger partial charge in [0.2, 0.25) is 0 Å². The highest BCUT2D eigenvalue weighted by Crippen LogP contribution is 2.02. The maximum atomic E-state index is 11.6. The third kappa shape index (κ3) is 3.36. The Morgan fingerprint density at radius 3 is 2.87 bits per heavy atom. The fourth-order valence-corrected chi connectivity index (χ4v) is 1.36. The van der Waals surface area contributed by atoms with Gasteiger partial charge in [0.15, 0.2) is 0 Å². The smallest absolute Gasteiger partial charge is 0.254 e. The van der Waals surface area contributed by atoms with Crippen LogP contribution in [0.1, 0.15) is 23.0 Å². The van der Waals surface area contributed by atoms with E-state index in [4.69, 9.17) is 0 Å². The molecule has 0 aliphatic heterocycles. The predicted molar refractivity (Wildman–Crippen MR) is 58.7 cm³/mol. The van der Waals surface area contributed by atoms with Crippen LogP contribution >= 0.6 is 0 Å². The van der Waals surface area contributed by atoms with Crippen LogP contribution in [0.2, 0.25) is 0 Å². The monoisotopic (exact) mass is 210 g/mol. The summed E-state index contributed by atoms with van der Waals surface area (Å²) in [5.74, 6) is 0.357. The minimum Gasteiger partial charge on any atom is -0.352 e. The van der Waals surface area contributed by atoms with Crippen molar-refractivity contribution in [3.8, 4) is 0 Å². The maximum Gasteiger partial charge on any atom is 0.254 e. The average Bonchev–Trinajstić information content (AvgIpc) is 2.61. The van der Waals surface area contributed by atoms with E-state index in [0.717, 1.165) is 12.2 Å². The van der Waals surface area contributed by atoms with Crippen molar-refractivity contribution in [2.75, 3.05) is 20.1 Å². The van der Waals surface area contributed by atoms with Crippen LogP contribution < -0.4 is 10.6 Å². The molecule has 0 aromatic carbocycles. The Labute approximate surface area is 89.6 Å². The predicted octanol–water partition coefficient (Wildman–Crippen LogP) is 0.303. The third-order valence-corrected chi connectivity index (χ3v) is 2.24. The first-order chi connectivity index (χ1) is 7.15. The zero-order chi connectivity index (χ0) is 11.3. The summed E-state index contributed by atoms with van der Waals surface area (Å²) in [6, 6.07) is 0. The molecule has 1 aromatic heterocycles. The molecule has 0 saturated carbocycles. The SMILES string of the molecule is CNCC(C)CNC(=O)c1cn[nH]c1C. The van der Waals surface area contributed by atoms with Crippen LogP contribution in [0, 0.1) is 12.8 Å². The zero-order valence-corrected chi connectivity index (χ0v) is 9.42. The molecule has 0 bridgehead atoms. The van der Waals surface area contributed by atoms with Crippen LogP contribution in [-0.4, -0.2) is 36.2 Å². The van der Waals surface area contributed by atoms with Crippen molar-refractivity contribution in [3.63, 3.8) is 0 Å². The lowest BCUT2D eigenvalue weighted by Crippen LogP contribution is -2.32. The van der Waals surface area contributed by atoms with Gasteiger partial charge in [-0.15, -0.1) is 0 Å². The standard InChI is InChI=1S/C10H18N4O/c1-7(4-11-3)5-12-10(15)9-6-13-14-8(9)2/h6-7,11H,4-5H2,1-3H3,(H,12,15)(H,13,14). The van der Waals surface area contributed by atoms with Crippen LogP contribution in [0.4, 0.5) is 0 Å². The van der Waals surface area contributed by atoms with E-state index in [1.807, 2.05) is 14.0 Å². The number of nitrogens with one attached hydrogen (secondary N) is 3. The molecule has 0 saturated heterocycles. The lowest BCUT2D eigenvalue weighted by molar-refractivity contribution is 0.0947. The second-order valence-electron chi connectivity index (χ2n) is 3.78. The highest BCUT2D eigenvalue weighted by atomic mass is 16.1. The minimum atomic E-state index is -0.0656. The summed E-state index contributed by atoms with van der Waals surface area (Å²) in [5.41, 5.74) is 1.42. The number of rotatable bonds is 5. The van der Waals surface area contributed by atoms with Gasteiger partial charge in [-0.05, 0) is 26.4 Å². The number of hydrogen-bond donors (Lipinski definition) is 3. The van der Waals surface area contributed by atoms with Gasteiger partial charge in [-0.2, -0.15) is 5.10 Å². The van der Waals surface area contributed by atoms with E-state index in [0.29, 0.717) is 18.0 Å². The Morgan fingerprint density at radius 2 is 2.33 bits per heavy atom. The van der Waals surface area contributed by atoms with Crippen LogP contribution in [-0.2, 0) is 0 Å². The maximum absolute atomic E-state index is 11.6. The summed E-state index contributed by atoms with van der Waals surface area (Å²) in [6.45, 7) is 5.48. The summed E-state index contributed by atoms with van der Waals surface area (Å²) in [6.07, 6.45) is 1.55. The first-order valence-electron chi connectivity index (χ1n) is 5.08. The fourth-order valence-electron chi connectivity index (χ4n) is 1.36. The molecular formula is C10H18N4O. The van der Waals surface area contributed by atoms with Crippen molar-refractivity contribution in [2.45, 2.75) is 13.8 Å². The van der Waals surface area contributed by atoms with Gasteiger partial charge in [0, 0.05) is 12.2 Å². The molecule has 0 aliphatic rings. The molecule has 1 aromatic rings. The summed E-state index contributed by atoms with van der Waals surface area (Å²) in [4.78, 5) is 11.6. The Hall–Kier alpha value is -1.36.